The minimum Gasteiger partial charge on any atom is -0.247 e. The number of benzene rings is 1. The first-order valence-electron chi connectivity index (χ1n) is 4.68. The Balaban J connectivity index is 2.66. The molecule has 78 valence electrons. The van der Waals surface area contributed by atoms with Gasteiger partial charge in [0.1, 0.15) is 0 Å². The van der Waals surface area contributed by atoms with Crippen molar-refractivity contribution in [3.63, 3.8) is 0 Å². The lowest BCUT2D eigenvalue weighted by Gasteiger charge is -2.00. The molecule has 15 heavy (non-hydrogen) atoms. The van der Waals surface area contributed by atoms with Crippen LogP contribution in [0.2, 0.25) is 0 Å². The summed E-state index contributed by atoms with van der Waals surface area (Å²) >= 11 is 5.89. The molecule has 1 aromatic carbocycles. The molecule has 0 amide bonds. The van der Waals surface area contributed by atoms with Crippen molar-refractivity contribution < 1.29 is 0 Å². The van der Waals surface area contributed by atoms with Gasteiger partial charge in [0.2, 0.25) is 0 Å². The zero-order chi connectivity index (χ0) is 11.0. The third-order valence-corrected chi connectivity index (χ3v) is 3.13. The average molecular weight is 236 g/mol. The van der Waals surface area contributed by atoms with Crippen LogP contribution in [0.1, 0.15) is 17.5 Å². The van der Waals surface area contributed by atoms with Crippen LogP contribution in [0.25, 0.3) is 10.2 Å². The molecule has 2 rings (SSSR count). The summed E-state index contributed by atoms with van der Waals surface area (Å²) in [6, 6.07) is 4.16. The van der Waals surface area contributed by atoms with Crippen molar-refractivity contribution >= 4 is 44.9 Å². The zero-order valence-electron chi connectivity index (χ0n) is 8.90. The Kier molecular flexibility index (Phi) is 2.80. The van der Waals surface area contributed by atoms with Crippen LogP contribution in [0.15, 0.2) is 17.1 Å². The summed E-state index contributed by atoms with van der Waals surface area (Å²) in [5.41, 5.74) is 3.19. The quantitative estimate of drug-likeness (QED) is 0.453. The maximum absolute atomic E-state index is 4.45. The minimum absolute atomic E-state index is 0.777. The van der Waals surface area contributed by atoms with E-state index in [1.165, 1.54) is 4.70 Å². The summed E-state index contributed by atoms with van der Waals surface area (Å²) in [7, 11) is 0. The summed E-state index contributed by atoms with van der Waals surface area (Å²) in [4.78, 5) is 8.82. The van der Waals surface area contributed by atoms with Crippen LogP contribution < -0.4 is 0 Å². The predicted octanol–water partition coefficient (Wildman–Crippen LogP) is 3.89. The topological polar surface area (TPSA) is 25.2 Å². The average Bonchev–Trinajstić information content (AvgIpc) is 2.44. The van der Waals surface area contributed by atoms with Crippen LogP contribution in [0.3, 0.4) is 0 Å². The number of thiazole rings is 1. The molecule has 0 N–H and O–H groups in total. The van der Waals surface area contributed by atoms with Crippen molar-refractivity contribution in [1.82, 2.24) is 4.98 Å². The maximum Gasteiger partial charge on any atom is 0.0907 e. The largest absolute Gasteiger partial charge is 0.247 e. The fourth-order valence-corrected chi connectivity index (χ4v) is 2.43. The minimum atomic E-state index is 0.777. The van der Waals surface area contributed by atoms with Gasteiger partial charge in [-0.15, -0.1) is 24.0 Å². The van der Waals surface area contributed by atoms with Gasteiger partial charge in [0, 0.05) is 0 Å². The molecule has 2 nitrogen and oxygen atoms in total. The molecule has 0 aliphatic carbocycles. The van der Waals surface area contributed by atoms with Crippen molar-refractivity contribution in [3.05, 3.63) is 22.7 Å². The number of fused-ring (bicyclic) bond motifs is 1. The lowest BCUT2D eigenvalue weighted by molar-refractivity contribution is 1.33. The fraction of sp³-hybridized carbons (Fsp3) is 0.273. The first-order chi connectivity index (χ1) is 7.06. The third-order valence-electron chi connectivity index (χ3n) is 2.10. The lowest BCUT2D eigenvalue weighted by Crippen LogP contribution is -1.79. The molecule has 0 saturated heterocycles. The van der Waals surface area contributed by atoms with Gasteiger partial charge >= 0.3 is 0 Å². The summed E-state index contributed by atoms with van der Waals surface area (Å²) in [6.07, 6.45) is 0. The van der Waals surface area contributed by atoms with Crippen molar-refractivity contribution in [2.45, 2.75) is 20.8 Å². The molecule has 0 aliphatic rings. The molecule has 2 aromatic rings. The first-order valence-corrected chi connectivity index (χ1v) is 5.94. The molecule has 1 heterocycles. The molecule has 4 heteroatoms. The Labute approximate surface area is 98.5 Å². The SMILES string of the molecule is C/C(S)=N/c1cc2sc(C)nc2cc1C. The molecule has 0 saturated carbocycles. The highest BCUT2D eigenvalue weighted by Crippen LogP contribution is 2.29. The van der Waals surface area contributed by atoms with Crippen LogP contribution in [-0.2, 0) is 0 Å². The predicted molar refractivity (Wildman–Crippen MR) is 70.8 cm³/mol. The lowest BCUT2D eigenvalue weighted by atomic mass is 10.2. The number of hydrogen-bond donors (Lipinski definition) is 1. The number of rotatable bonds is 1. The number of thiol groups is 1. The van der Waals surface area contributed by atoms with Gasteiger partial charge in [-0.05, 0) is 38.5 Å². The van der Waals surface area contributed by atoms with Gasteiger partial charge in [0.25, 0.3) is 0 Å². The first kappa shape index (κ1) is 10.6. The van der Waals surface area contributed by atoms with E-state index in [2.05, 4.69) is 34.7 Å². The van der Waals surface area contributed by atoms with Gasteiger partial charge in [-0.25, -0.2) is 9.98 Å². The Morgan fingerprint density at radius 1 is 1.40 bits per heavy atom. The van der Waals surface area contributed by atoms with Crippen LogP contribution in [-0.4, -0.2) is 10.0 Å². The highest BCUT2D eigenvalue weighted by molar-refractivity contribution is 7.96. The summed E-state index contributed by atoms with van der Waals surface area (Å²) in [6.45, 7) is 5.95. The molecular formula is C11H12N2S2. The van der Waals surface area contributed by atoms with Crippen LogP contribution in [0, 0.1) is 13.8 Å². The van der Waals surface area contributed by atoms with E-state index in [4.69, 9.17) is 0 Å². The van der Waals surface area contributed by atoms with Gasteiger partial charge in [-0.1, -0.05) is 0 Å². The van der Waals surface area contributed by atoms with E-state index in [9.17, 15) is 0 Å². The molecular weight excluding hydrogens is 224 g/mol. The fourth-order valence-electron chi connectivity index (χ4n) is 1.48. The molecule has 0 atom stereocenters. The summed E-state index contributed by atoms with van der Waals surface area (Å²) in [5.74, 6) is 0. The molecule has 0 fully saturated rings. The van der Waals surface area contributed by atoms with E-state index in [1.807, 2.05) is 20.8 Å². The number of hydrogen-bond acceptors (Lipinski definition) is 3. The van der Waals surface area contributed by atoms with Crippen molar-refractivity contribution in [1.29, 1.82) is 0 Å². The van der Waals surface area contributed by atoms with E-state index >= 15 is 0 Å². The summed E-state index contributed by atoms with van der Waals surface area (Å²) in [5, 5.41) is 1.87. The van der Waals surface area contributed by atoms with E-state index in [1.54, 1.807) is 11.3 Å². The Bertz CT molecular complexity index is 537. The summed E-state index contributed by atoms with van der Waals surface area (Å²) < 4.78 is 1.19. The van der Waals surface area contributed by atoms with E-state index in [0.29, 0.717) is 0 Å². The van der Waals surface area contributed by atoms with Gasteiger partial charge in [0.05, 0.1) is 26.0 Å². The van der Waals surface area contributed by atoms with E-state index in [0.717, 1.165) is 26.8 Å². The number of aryl methyl sites for hydroxylation is 2. The van der Waals surface area contributed by atoms with E-state index in [-0.39, 0.29) is 0 Å². The van der Waals surface area contributed by atoms with Gasteiger partial charge in [-0.2, -0.15) is 0 Å². The van der Waals surface area contributed by atoms with Crippen molar-refractivity contribution in [2.75, 3.05) is 0 Å². The van der Waals surface area contributed by atoms with Gasteiger partial charge in [-0.3, -0.25) is 0 Å². The molecule has 0 aliphatic heterocycles. The van der Waals surface area contributed by atoms with Crippen molar-refractivity contribution in [3.8, 4) is 0 Å². The second-order valence-corrected chi connectivity index (χ2v) is 5.38. The van der Waals surface area contributed by atoms with E-state index < -0.39 is 0 Å². The normalized spacial score (nSPS) is 12.4. The second kappa shape index (κ2) is 3.94. The third kappa shape index (κ3) is 2.21. The Morgan fingerprint density at radius 3 is 2.80 bits per heavy atom. The van der Waals surface area contributed by atoms with Crippen LogP contribution in [0.4, 0.5) is 5.69 Å². The van der Waals surface area contributed by atoms with Gasteiger partial charge < -0.3 is 0 Å². The monoisotopic (exact) mass is 236 g/mol. The molecule has 0 unspecified atom stereocenters. The molecule has 0 radical (unpaired) electrons. The Morgan fingerprint density at radius 2 is 2.13 bits per heavy atom. The number of aromatic nitrogens is 1. The standard InChI is InChI=1S/C11H12N2S2/c1-6-4-10-11(15-8(3)13-10)5-9(6)12-7(2)14/h4-5H,1-3H3,(H,12,14). The highest BCUT2D eigenvalue weighted by Gasteiger charge is 2.04. The van der Waals surface area contributed by atoms with Gasteiger partial charge in [0.15, 0.2) is 0 Å². The van der Waals surface area contributed by atoms with Crippen molar-refractivity contribution in [2.24, 2.45) is 4.99 Å². The van der Waals surface area contributed by atoms with Crippen LogP contribution >= 0.6 is 24.0 Å². The Hall–Kier alpha value is -0.870. The zero-order valence-corrected chi connectivity index (χ0v) is 10.6. The maximum atomic E-state index is 4.45. The number of aliphatic imine (C=N–C) groups is 1. The molecule has 0 spiro atoms. The van der Waals surface area contributed by atoms with Crippen LogP contribution in [0.5, 0.6) is 0 Å². The molecule has 1 aromatic heterocycles. The number of nitrogens with zero attached hydrogens (tertiary/aromatic N) is 2. The second-order valence-electron chi connectivity index (χ2n) is 3.50. The highest BCUT2D eigenvalue weighted by atomic mass is 32.1. The molecule has 0 bridgehead atoms. The smallest absolute Gasteiger partial charge is 0.0907 e.